The molecule has 0 fully saturated rings. The molecular weight excluding hydrogens is 448 g/mol. The highest BCUT2D eigenvalue weighted by Crippen LogP contribution is 2.26. The number of sulfonamides is 1. The van der Waals surface area contributed by atoms with Gasteiger partial charge in [-0.15, -0.1) is 0 Å². The Morgan fingerprint density at radius 2 is 1.79 bits per heavy atom. The summed E-state index contributed by atoms with van der Waals surface area (Å²) in [4.78, 5) is 23.0. The van der Waals surface area contributed by atoms with E-state index in [0.717, 1.165) is 10.4 Å². The highest BCUT2D eigenvalue weighted by Gasteiger charge is 2.28. The predicted octanol–water partition coefficient (Wildman–Crippen LogP) is 2.95. The summed E-state index contributed by atoms with van der Waals surface area (Å²) in [5.41, 5.74) is 2.54. The van der Waals surface area contributed by atoms with Gasteiger partial charge in [0.25, 0.3) is 21.6 Å². The molecule has 0 aliphatic heterocycles. The van der Waals surface area contributed by atoms with Gasteiger partial charge in [0, 0.05) is 17.7 Å². The number of nitro groups is 1. The molecule has 0 bridgehead atoms. The highest BCUT2D eigenvalue weighted by atomic mass is 32.2. The van der Waals surface area contributed by atoms with Crippen molar-refractivity contribution in [2.45, 2.75) is 4.90 Å². The molecule has 0 radical (unpaired) electrons. The first-order valence-electron chi connectivity index (χ1n) is 9.60. The van der Waals surface area contributed by atoms with E-state index in [0.29, 0.717) is 11.3 Å². The molecule has 0 saturated carbocycles. The summed E-state index contributed by atoms with van der Waals surface area (Å²) in [5.74, 6) is -0.201. The molecule has 3 aromatic rings. The van der Waals surface area contributed by atoms with Crippen molar-refractivity contribution in [3.05, 3.63) is 94.5 Å². The van der Waals surface area contributed by atoms with E-state index in [4.69, 9.17) is 4.74 Å². The van der Waals surface area contributed by atoms with Crippen LogP contribution in [0.3, 0.4) is 0 Å². The number of amides is 1. The Hall–Kier alpha value is -4.25. The average Bonchev–Trinajstić information content (AvgIpc) is 2.83. The molecular formula is C22H20N4O6S. The van der Waals surface area contributed by atoms with Crippen LogP contribution in [-0.2, 0) is 14.8 Å². The van der Waals surface area contributed by atoms with Crippen molar-refractivity contribution in [3.8, 4) is 5.75 Å². The maximum absolute atomic E-state index is 13.2. The summed E-state index contributed by atoms with van der Waals surface area (Å²) in [6.45, 7) is -0.651. The van der Waals surface area contributed by atoms with Crippen molar-refractivity contribution in [3.63, 3.8) is 0 Å². The number of methoxy groups -OCH3 is 1. The smallest absolute Gasteiger partial charge is 0.271 e. The zero-order chi connectivity index (χ0) is 23.8. The molecule has 33 heavy (non-hydrogen) atoms. The van der Waals surface area contributed by atoms with Crippen LogP contribution in [0.15, 0.2) is 88.9 Å². The van der Waals surface area contributed by atoms with Gasteiger partial charge in [0.2, 0.25) is 0 Å². The minimum absolute atomic E-state index is 0.0306. The lowest BCUT2D eigenvalue weighted by Crippen LogP contribution is -2.39. The van der Waals surface area contributed by atoms with Crippen LogP contribution in [0, 0.1) is 10.1 Å². The first-order chi connectivity index (χ1) is 15.8. The third-order valence-corrected chi connectivity index (χ3v) is 6.27. The highest BCUT2D eigenvalue weighted by molar-refractivity contribution is 7.92. The van der Waals surface area contributed by atoms with E-state index < -0.39 is 27.4 Å². The van der Waals surface area contributed by atoms with E-state index >= 15 is 0 Å². The average molecular weight is 468 g/mol. The summed E-state index contributed by atoms with van der Waals surface area (Å²) >= 11 is 0. The molecule has 0 heterocycles. The Labute approximate surface area is 190 Å². The number of nitro benzene ring substituents is 1. The standard InChI is InChI=1S/C22H20N4O6S/c1-32-21-13-6-5-8-17(21)15-23-24-22(27)16-25(18-9-7-10-19(14-18)26(28)29)33(30,31)20-11-3-2-4-12-20/h2-15H,16H2,1H3,(H,24,27)/b23-15-. The molecule has 0 aliphatic carbocycles. The number of anilines is 1. The van der Waals surface area contributed by atoms with Crippen LogP contribution in [0.5, 0.6) is 5.75 Å². The Morgan fingerprint density at radius 3 is 2.48 bits per heavy atom. The van der Waals surface area contributed by atoms with Crippen LogP contribution in [0.4, 0.5) is 11.4 Å². The fraction of sp³-hybridized carbons (Fsp3) is 0.0909. The van der Waals surface area contributed by atoms with Crippen molar-refractivity contribution in [2.24, 2.45) is 5.10 Å². The molecule has 0 atom stereocenters. The molecule has 3 aromatic carbocycles. The fourth-order valence-corrected chi connectivity index (χ4v) is 4.34. The molecule has 0 aromatic heterocycles. The van der Waals surface area contributed by atoms with Gasteiger partial charge in [-0.25, -0.2) is 13.8 Å². The lowest BCUT2D eigenvalue weighted by atomic mass is 10.2. The van der Waals surface area contributed by atoms with Crippen molar-refractivity contribution >= 4 is 33.5 Å². The summed E-state index contributed by atoms with van der Waals surface area (Å²) in [6.07, 6.45) is 1.36. The second-order valence-electron chi connectivity index (χ2n) is 6.64. The van der Waals surface area contributed by atoms with Crippen LogP contribution in [0.25, 0.3) is 0 Å². The fourth-order valence-electron chi connectivity index (χ4n) is 2.91. The molecule has 170 valence electrons. The number of carbonyl (C=O) groups is 1. The summed E-state index contributed by atoms with van der Waals surface area (Å²) in [5, 5.41) is 15.0. The summed E-state index contributed by atoms with van der Waals surface area (Å²) < 4.78 is 32.5. The second kappa shape index (κ2) is 10.4. The number of benzene rings is 3. The minimum atomic E-state index is -4.20. The zero-order valence-electron chi connectivity index (χ0n) is 17.5. The normalized spacial score (nSPS) is 11.2. The molecule has 0 unspecified atom stereocenters. The van der Waals surface area contributed by atoms with Gasteiger partial charge in [0.15, 0.2) is 0 Å². The van der Waals surface area contributed by atoms with Crippen molar-refractivity contribution in [1.29, 1.82) is 0 Å². The topological polar surface area (TPSA) is 131 Å². The second-order valence-corrected chi connectivity index (χ2v) is 8.50. The summed E-state index contributed by atoms with van der Waals surface area (Å²) in [6, 6.07) is 19.5. The Kier molecular flexibility index (Phi) is 7.36. The van der Waals surface area contributed by atoms with E-state index in [2.05, 4.69) is 10.5 Å². The van der Waals surface area contributed by atoms with Gasteiger partial charge in [-0.2, -0.15) is 5.10 Å². The molecule has 0 aliphatic rings. The molecule has 0 saturated heterocycles. The quantitative estimate of drug-likeness (QED) is 0.292. The SMILES string of the molecule is COc1ccccc1/C=N\NC(=O)CN(c1cccc([N+](=O)[O-])c1)S(=O)(=O)c1ccccc1. The third kappa shape index (κ3) is 5.71. The first kappa shape index (κ1) is 23.4. The Balaban J connectivity index is 1.88. The van der Waals surface area contributed by atoms with E-state index in [1.165, 1.54) is 55.8 Å². The molecule has 3 rings (SSSR count). The first-order valence-corrected chi connectivity index (χ1v) is 11.0. The summed E-state index contributed by atoms with van der Waals surface area (Å²) in [7, 11) is -2.70. The van der Waals surface area contributed by atoms with E-state index in [-0.39, 0.29) is 16.3 Å². The Bertz CT molecular complexity index is 1280. The van der Waals surface area contributed by atoms with Gasteiger partial charge in [-0.1, -0.05) is 36.4 Å². The number of nitrogens with one attached hydrogen (secondary N) is 1. The molecule has 0 spiro atoms. The number of carbonyl (C=O) groups excluding carboxylic acids is 1. The molecule has 11 heteroatoms. The number of ether oxygens (including phenoxy) is 1. The molecule has 10 nitrogen and oxygen atoms in total. The van der Waals surface area contributed by atoms with Crippen molar-refractivity contribution in [1.82, 2.24) is 5.43 Å². The number of hydrazone groups is 1. The van der Waals surface area contributed by atoms with Gasteiger partial charge in [-0.3, -0.25) is 19.2 Å². The van der Waals surface area contributed by atoms with Crippen LogP contribution >= 0.6 is 0 Å². The predicted molar refractivity (Wildman–Crippen MR) is 123 cm³/mol. The lowest BCUT2D eigenvalue weighted by molar-refractivity contribution is -0.384. The largest absolute Gasteiger partial charge is 0.496 e. The molecule has 1 amide bonds. The number of nitrogens with zero attached hydrogens (tertiary/aromatic N) is 3. The van der Waals surface area contributed by atoms with Gasteiger partial charge in [0.05, 0.1) is 28.8 Å². The van der Waals surface area contributed by atoms with E-state index in [1.54, 1.807) is 30.3 Å². The molecule has 1 N–H and O–H groups in total. The number of para-hydroxylation sites is 1. The number of rotatable bonds is 9. The number of hydrogen-bond donors (Lipinski definition) is 1. The number of non-ortho nitro benzene ring substituents is 1. The zero-order valence-corrected chi connectivity index (χ0v) is 18.3. The Morgan fingerprint density at radius 1 is 1.09 bits per heavy atom. The van der Waals surface area contributed by atoms with Crippen LogP contribution in [0.2, 0.25) is 0 Å². The lowest BCUT2D eigenvalue weighted by Gasteiger charge is -2.23. The van der Waals surface area contributed by atoms with E-state index in [9.17, 15) is 23.3 Å². The van der Waals surface area contributed by atoms with Crippen molar-refractivity contribution in [2.75, 3.05) is 18.0 Å². The van der Waals surface area contributed by atoms with Crippen LogP contribution in [-0.4, -0.2) is 39.1 Å². The maximum Gasteiger partial charge on any atom is 0.271 e. The minimum Gasteiger partial charge on any atom is -0.496 e. The monoisotopic (exact) mass is 468 g/mol. The van der Waals surface area contributed by atoms with Gasteiger partial charge < -0.3 is 4.74 Å². The van der Waals surface area contributed by atoms with Crippen molar-refractivity contribution < 1.29 is 22.9 Å². The van der Waals surface area contributed by atoms with Gasteiger partial charge in [-0.05, 0) is 30.3 Å². The third-order valence-electron chi connectivity index (χ3n) is 4.48. The number of hydrogen-bond acceptors (Lipinski definition) is 7. The van der Waals surface area contributed by atoms with Crippen LogP contribution in [0.1, 0.15) is 5.56 Å². The van der Waals surface area contributed by atoms with E-state index in [1.807, 2.05) is 0 Å². The van der Waals surface area contributed by atoms with Crippen LogP contribution < -0.4 is 14.5 Å². The van der Waals surface area contributed by atoms with Gasteiger partial charge >= 0.3 is 0 Å². The maximum atomic E-state index is 13.2. The van der Waals surface area contributed by atoms with Gasteiger partial charge in [0.1, 0.15) is 12.3 Å².